The van der Waals surface area contributed by atoms with Crippen LogP contribution >= 0.6 is 15.9 Å². The van der Waals surface area contributed by atoms with Crippen LogP contribution in [0.3, 0.4) is 0 Å². The smallest absolute Gasteiger partial charge is 0.194 e. The second kappa shape index (κ2) is 8.08. The summed E-state index contributed by atoms with van der Waals surface area (Å²) in [5.41, 5.74) is 1.53. The van der Waals surface area contributed by atoms with Crippen LogP contribution in [0.15, 0.2) is 39.6 Å². The number of halogens is 1. The molecule has 1 aromatic carbocycles. The molecule has 2 aromatic rings. The van der Waals surface area contributed by atoms with Gasteiger partial charge in [0.15, 0.2) is 12.4 Å². The quantitative estimate of drug-likeness (QED) is 0.573. The van der Waals surface area contributed by atoms with Gasteiger partial charge in [0.05, 0.1) is 0 Å². The first-order chi connectivity index (χ1) is 9.13. The molecule has 20 heavy (non-hydrogen) atoms. The number of pyridine rings is 1. The predicted octanol–water partition coefficient (Wildman–Crippen LogP) is 2.60. The first kappa shape index (κ1) is 17.6. The second-order valence-electron chi connectivity index (χ2n) is 3.92. The van der Waals surface area contributed by atoms with Gasteiger partial charge in [0, 0.05) is 46.9 Å². The third-order valence-corrected chi connectivity index (χ3v) is 3.31. The molecule has 1 aromatic heterocycles. The van der Waals surface area contributed by atoms with Gasteiger partial charge in [-0.05, 0) is 16.6 Å². The van der Waals surface area contributed by atoms with Crippen LogP contribution in [0.5, 0.6) is 5.75 Å². The SMILES string of the molecule is COCOc1ccc(-c2[c-]ccc(=O)n2C)c(Br)c1.[Y]. The van der Waals surface area contributed by atoms with Gasteiger partial charge >= 0.3 is 0 Å². The Morgan fingerprint density at radius 2 is 2.10 bits per heavy atom. The van der Waals surface area contributed by atoms with Crippen LogP contribution in [0.2, 0.25) is 0 Å². The van der Waals surface area contributed by atoms with Gasteiger partial charge in [-0.3, -0.25) is 4.79 Å². The molecule has 0 atom stereocenters. The average Bonchev–Trinajstić information content (AvgIpc) is 2.40. The maximum absolute atomic E-state index is 11.6. The molecule has 0 spiro atoms. The van der Waals surface area contributed by atoms with Crippen molar-refractivity contribution in [2.24, 2.45) is 7.05 Å². The zero-order valence-electron chi connectivity index (χ0n) is 11.2. The maximum atomic E-state index is 11.6. The molecule has 0 saturated heterocycles. The Bertz CT molecular complexity index is 643. The Morgan fingerprint density at radius 3 is 2.75 bits per heavy atom. The Morgan fingerprint density at radius 1 is 1.35 bits per heavy atom. The maximum Gasteiger partial charge on any atom is 0.194 e. The summed E-state index contributed by atoms with van der Waals surface area (Å²) in [7, 11) is 3.29. The Balaban J connectivity index is 0.00000200. The van der Waals surface area contributed by atoms with Crippen molar-refractivity contribution in [2.45, 2.75) is 0 Å². The minimum Gasteiger partial charge on any atom is -0.468 e. The molecule has 2 rings (SSSR count). The molecular weight excluding hydrogens is 399 g/mol. The molecule has 0 aliphatic heterocycles. The molecule has 0 saturated carbocycles. The van der Waals surface area contributed by atoms with Crippen LogP contribution in [0.4, 0.5) is 0 Å². The average molecular weight is 412 g/mol. The Labute approximate surface area is 151 Å². The standard InChI is InChI=1S/C14H13BrNO3.Y/c1-16-13(4-3-5-14(16)17)11-7-6-10(8-12(11)15)19-9-18-2;/h3,5-8H,9H2,1-2H3;/q-1;. The van der Waals surface area contributed by atoms with Crippen LogP contribution in [0.25, 0.3) is 11.3 Å². The molecule has 0 bridgehead atoms. The van der Waals surface area contributed by atoms with Crippen molar-refractivity contribution >= 4 is 15.9 Å². The van der Waals surface area contributed by atoms with Crippen LogP contribution < -0.4 is 10.3 Å². The van der Waals surface area contributed by atoms with E-state index in [1.807, 2.05) is 18.2 Å². The number of hydrogen-bond donors (Lipinski definition) is 0. The summed E-state index contributed by atoms with van der Waals surface area (Å²) in [5.74, 6) is 0.693. The van der Waals surface area contributed by atoms with Crippen molar-refractivity contribution in [1.82, 2.24) is 4.57 Å². The number of aromatic nitrogens is 1. The van der Waals surface area contributed by atoms with Gasteiger partial charge in [0.1, 0.15) is 5.75 Å². The number of hydrogen-bond acceptors (Lipinski definition) is 3. The van der Waals surface area contributed by atoms with E-state index in [1.165, 1.54) is 6.07 Å². The van der Waals surface area contributed by atoms with Gasteiger partial charge < -0.3 is 14.0 Å². The number of ether oxygens (including phenoxy) is 2. The molecule has 0 amide bonds. The topological polar surface area (TPSA) is 40.5 Å². The zero-order chi connectivity index (χ0) is 13.8. The number of methoxy groups -OCH3 is 1. The fourth-order valence-electron chi connectivity index (χ4n) is 1.67. The molecule has 0 aliphatic rings. The first-order valence-corrected chi connectivity index (χ1v) is 6.42. The van der Waals surface area contributed by atoms with Gasteiger partial charge in [0.2, 0.25) is 0 Å². The van der Waals surface area contributed by atoms with Gasteiger partial charge in [-0.15, -0.1) is 6.07 Å². The summed E-state index contributed by atoms with van der Waals surface area (Å²) < 4.78 is 12.6. The van der Waals surface area contributed by atoms with E-state index in [0.29, 0.717) is 5.75 Å². The molecule has 0 unspecified atom stereocenters. The van der Waals surface area contributed by atoms with Crippen molar-refractivity contribution in [3.05, 3.63) is 51.2 Å². The second-order valence-corrected chi connectivity index (χ2v) is 4.77. The van der Waals surface area contributed by atoms with Crippen molar-refractivity contribution in [2.75, 3.05) is 13.9 Å². The van der Waals surface area contributed by atoms with E-state index in [9.17, 15) is 4.79 Å². The van der Waals surface area contributed by atoms with E-state index in [1.54, 1.807) is 24.8 Å². The summed E-state index contributed by atoms with van der Waals surface area (Å²) in [6.45, 7) is 0.196. The van der Waals surface area contributed by atoms with Gasteiger partial charge in [-0.2, -0.15) is 12.1 Å². The normalized spacial score (nSPS) is 9.95. The molecule has 103 valence electrons. The monoisotopic (exact) mass is 411 g/mol. The van der Waals surface area contributed by atoms with E-state index in [-0.39, 0.29) is 45.1 Å². The molecule has 4 nitrogen and oxygen atoms in total. The van der Waals surface area contributed by atoms with E-state index in [0.717, 1.165) is 15.7 Å². The summed E-state index contributed by atoms with van der Waals surface area (Å²) in [4.78, 5) is 11.6. The molecule has 1 radical (unpaired) electrons. The van der Waals surface area contributed by atoms with E-state index < -0.39 is 0 Å². The summed E-state index contributed by atoms with van der Waals surface area (Å²) >= 11 is 3.48. The Hall–Kier alpha value is -0.486. The minimum atomic E-state index is -0.0691. The molecular formula is C14H13BrNO3Y-. The van der Waals surface area contributed by atoms with Crippen LogP contribution in [0.1, 0.15) is 0 Å². The first-order valence-electron chi connectivity index (χ1n) is 5.63. The summed E-state index contributed by atoms with van der Waals surface area (Å²) in [6.07, 6.45) is 0. The van der Waals surface area contributed by atoms with Gasteiger partial charge in [0.25, 0.3) is 0 Å². The fourth-order valence-corrected chi connectivity index (χ4v) is 2.22. The number of rotatable bonds is 4. The van der Waals surface area contributed by atoms with Crippen molar-refractivity contribution in [1.29, 1.82) is 0 Å². The van der Waals surface area contributed by atoms with E-state index in [4.69, 9.17) is 9.47 Å². The molecule has 1 heterocycles. The zero-order valence-corrected chi connectivity index (χ0v) is 15.6. The summed E-state index contributed by atoms with van der Waals surface area (Å²) in [5, 5.41) is 0. The van der Waals surface area contributed by atoms with Crippen LogP contribution in [0, 0.1) is 6.07 Å². The molecule has 0 N–H and O–H groups in total. The largest absolute Gasteiger partial charge is 0.468 e. The van der Waals surface area contributed by atoms with Crippen molar-refractivity contribution < 1.29 is 42.2 Å². The predicted molar refractivity (Wildman–Crippen MR) is 76.2 cm³/mol. The summed E-state index contributed by atoms with van der Waals surface area (Å²) in [6, 6.07) is 11.7. The van der Waals surface area contributed by atoms with E-state index in [2.05, 4.69) is 22.0 Å². The minimum absolute atomic E-state index is 0. The number of nitrogens with zero attached hydrogens (tertiary/aromatic N) is 1. The molecule has 0 aliphatic carbocycles. The fraction of sp³-hybridized carbons (Fsp3) is 0.214. The third kappa shape index (κ3) is 4.01. The van der Waals surface area contributed by atoms with Crippen LogP contribution in [-0.4, -0.2) is 18.5 Å². The number of benzene rings is 1. The Kier molecular flexibility index (Phi) is 7.09. The van der Waals surface area contributed by atoms with Gasteiger partial charge in [-0.1, -0.05) is 33.3 Å². The van der Waals surface area contributed by atoms with Crippen LogP contribution in [-0.2, 0) is 44.5 Å². The van der Waals surface area contributed by atoms with Crippen molar-refractivity contribution in [3.63, 3.8) is 0 Å². The van der Waals surface area contributed by atoms with E-state index >= 15 is 0 Å². The third-order valence-electron chi connectivity index (χ3n) is 2.65. The molecule has 6 heteroatoms. The van der Waals surface area contributed by atoms with Gasteiger partial charge in [-0.25, -0.2) is 0 Å². The molecule has 0 fully saturated rings. The van der Waals surface area contributed by atoms with Crippen molar-refractivity contribution in [3.8, 4) is 17.0 Å².